The number of carbonyl (C=O) groups excluding carboxylic acids is 1. The maximum Gasteiger partial charge on any atom is 0.310 e. The number of aliphatic hydroxyl groups is 1. The van der Waals surface area contributed by atoms with Gasteiger partial charge in [0.2, 0.25) is 0 Å². The number of aliphatic carboxylic acids is 1. The van der Waals surface area contributed by atoms with Gasteiger partial charge in [0.15, 0.2) is 0 Å². The Labute approximate surface area is 152 Å². The maximum atomic E-state index is 13.2. The number of hydrogen-bond donors (Lipinski definition) is 2. The van der Waals surface area contributed by atoms with E-state index in [2.05, 4.69) is 0 Å². The summed E-state index contributed by atoms with van der Waals surface area (Å²) in [5, 5.41) is 18.7. The smallest absolute Gasteiger partial charge is 0.310 e. The molecule has 0 saturated heterocycles. The molecule has 0 spiro atoms. The molecule has 0 amide bonds. The van der Waals surface area contributed by atoms with E-state index in [-0.39, 0.29) is 12.2 Å². The average molecular weight is 358 g/mol. The van der Waals surface area contributed by atoms with Crippen molar-refractivity contribution in [2.24, 2.45) is 11.8 Å². The van der Waals surface area contributed by atoms with Gasteiger partial charge in [-0.3, -0.25) is 9.59 Å². The van der Waals surface area contributed by atoms with Crippen molar-refractivity contribution in [2.75, 3.05) is 0 Å². The summed E-state index contributed by atoms with van der Waals surface area (Å²) in [6.45, 7) is 0. The van der Waals surface area contributed by atoms with Crippen LogP contribution in [0, 0.1) is 17.7 Å². The lowest BCUT2D eigenvalue weighted by Crippen LogP contribution is -2.15. The number of carboxylic acids is 1. The van der Waals surface area contributed by atoms with Gasteiger partial charge in [-0.1, -0.05) is 24.3 Å². The van der Waals surface area contributed by atoms with Crippen LogP contribution in [0.25, 0.3) is 5.57 Å². The monoisotopic (exact) mass is 358 g/mol. The van der Waals surface area contributed by atoms with Crippen molar-refractivity contribution in [1.29, 1.82) is 0 Å². The number of aliphatic hydroxyl groups excluding tert-OH is 1. The van der Waals surface area contributed by atoms with E-state index in [1.807, 2.05) is 6.08 Å². The molecule has 1 fully saturated rings. The summed E-state index contributed by atoms with van der Waals surface area (Å²) < 4.78 is 13.2. The molecule has 3 rings (SSSR count). The first-order valence-electron chi connectivity index (χ1n) is 9.01. The quantitative estimate of drug-likeness (QED) is 0.728. The van der Waals surface area contributed by atoms with Gasteiger partial charge in [0.05, 0.1) is 6.10 Å². The molecule has 0 radical (unpaired) electrons. The molecule has 1 aromatic carbocycles. The first kappa shape index (κ1) is 18.5. The summed E-state index contributed by atoms with van der Waals surface area (Å²) in [7, 11) is 0. The molecule has 2 bridgehead atoms. The molecule has 1 saturated carbocycles. The van der Waals surface area contributed by atoms with Crippen LogP contribution < -0.4 is 0 Å². The molecule has 3 atom stereocenters. The zero-order valence-corrected chi connectivity index (χ0v) is 14.5. The number of hydrogen-bond acceptors (Lipinski definition) is 3. The second-order valence-electron chi connectivity index (χ2n) is 7.26. The first-order chi connectivity index (χ1) is 12.4. The average Bonchev–Trinajstić information content (AvgIpc) is 2.96. The van der Waals surface area contributed by atoms with Crippen LogP contribution in [0.5, 0.6) is 0 Å². The molecule has 138 valence electrons. The van der Waals surface area contributed by atoms with E-state index in [0.717, 1.165) is 30.4 Å². The van der Waals surface area contributed by atoms with E-state index in [1.54, 1.807) is 18.2 Å². The van der Waals surface area contributed by atoms with Crippen LogP contribution in [0.4, 0.5) is 4.39 Å². The summed E-state index contributed by atoms with van der Waals surface area (Å²) >= 11 is 0. The van der Waals surface area contributed by atoms with E-state index in [1.165, 1.54) is 24.1 Å². The Hall–Kier alpha value is -2.27. The summed E-state index contributed by atoms with van der Waals surface area (Å²) in [6.07, 6.45) is 6.03. The number of fused-ring (bicyclic) bond motifs is 2. The minimum absolute atomic E-state index is 0.199. The molecule has 0 aromatic heterocycles. The van der Waals surface area contributed by atoms with Gasteiger partial charge in [0.1, 0.15) is 18.0 Å². The molecule has 2 N–H and O–H groups in total. The van der Waals surface area contributed by atoms with Crippen molar-refractivity contribution < 1.29 is 24.2 Å². The van der Waals surface area contributed by atoms with Crippen LogP contribution in [0.2, 0.25) is 0 Å². The predicted molar refractivity (Wildman–Crippen MR) is 95.8 cm³/mol. The maximum absolute atomic E-state index is 13.2. The zero-order valence-electron chi connectivity index (χ0n) is 14.5. The zero-order chi connectivity index (χ0) is 18.7. The molecule has 1 aromatic rings. The molecule has 0 heterocycles. The van der Waals surface area contributed by atoms with Crippen LogP contribution >= 0.6 is 0 Å². The number of carboxylic acid groups (broad SMARTS) is 1. The van der Waals surface area contributed by atoms with Gasteiger partial charge in [-0.15, -0.1) is 0 Å². The van der Waals surface area contributed by atoms with E-state index < -0.39 is 24.3 Å². The van der Waals surface area contributed by atoms with E-state index in [0.29, 0.717) is 11.8 Å². The SMILES string of the molecule is O=C(O)CC(=O)CC(O)/C=C/C1=C(c2ccc(F)cc2)CC2CCC1C2. The Morgan fingerprint density at radius 3 is 2.65 bits per heavy atom. The molecule has 26 heavy (non-hydrogen) atoms. The lowest BCUT2D eigenvalue weighted by molar-refractivity contribution is -0.140. The van der Waals surface area contributed by atoms with Gasteiger partial charge in [0.25, 0.3) is 0 Å². The molecule has 4 nitrogen and oxygen atoms in total. The fourth-order valence-electron chi connectivity index (χ4n) is 4.12. The van der Waals surface area contributed by atoms with Gasteiger partial charge in [0, 0.05) is 6.42 Å². The second-order valence-corrected chi connectivity index (χ2v) is 7.26. The van der Waals surface area contributed by atoms with Crippen molar-refractivity contribution in [2.45, 2.75) is 44.6 Å². The van der Waals surface area contributed by atoms with Gasteiger partial charge in [-0.25, -0.2) is 4.39 Å². The minimum atomic E-state index is -1.18. The highest BCUT2D eigenvalue weighted by Crippen LogP contribution is 2.48. The van der Waals surface area contributed by atoms with E-state index >= 15 is 0 Å². The fraction of sp³-hybridized carbons (Fsp3) is 0.429. The molecular weight excluding hydrogens is 335 g/mol. The van der Waals surface area contributed by atoms with Gasteiger partial charge >= 0.3 is 5.97 Å². The van der Waals surface area contributed by atoms with Crippen molar-refractivity contribution in [3.05, 3.63) is 53.4 Å². The summed E-state index contributed by atoms with van der Waals surface area (Å²) in [4.78, 5) is 22.1. The Bertz CT molecular complexity index is 748. The summed E-state index contributed by atoms with van der Waals surface area (Å²) in [5.74, 6) is -0.868. The topological polar surface area (TPSA) is 74.6 Å². The van der Waals surface area contributed by atoms with Gasteiger partial charge in [-0.05, 0) is 66.4 Å². The Morgan fingerprint density at radius 2 is 1.96 bits per heavy atom. The largest absolute Gasteiger partial charge is 0.481 e. The van der Waals surface area contributed by atoms with E-state index in [9.17, 15) is 19.1 Å². The normalized spacial score (nSPS) is 23.5. The third kappa shape index (κ3) is 4.47. The van der Waals surface area contributed by atoms with Crippen LogP contribution in [-0.2, 0) is 9.59 Å². The standard InChI is InChI=1S/C21H23FO4/c22-16-5-3-14(4-6-16)20-10-13-1-2-15(9-13)19(20)8-7-17(23)11-18(24)12-21(25)26/h3-8,13,15,17,23H,1-2,9-12H2,(H,25,26)/b8-7+. The van der Waals surface area contributed by atoms with E-state index in [4.69, 9.17) is 5.11 Å². The first-order valence-corrected chi connectivity index (χ1v) is 9.01. The third-order valence-corrected chi connectivity index (χ3v) is 5.30. The van der Waals surface area contributed by atoms with Crippen molar-refractivity contribution >= 4 is 17.3 Å². The van der Waals surface area contributed by atoms with Crippen molar-refractivity contribution in [3.8, 4) is 0 Å². The molecule has 0 aliphatic heterocycles. The highest BCUT2D eigenvalue weighted by Gasteiger charge is 2.34. The highest BCUT2D eigenvalue weighted by atomic mass is 19.1. The van der Waals surface area contributed by atoms with Crippen LogP contribution in [-0.4, -0.2) is 28.1 Å². The molecule has 2 aliphatic carbocycles. The molecule has 3 unspecified atom stereocenters. The number of rotatable bonds is 7. The van der Waals surface area contributed by atoms with Crippen LogP contribution in [0.15, 0.2) is 42.0 Å². The number of carbonyl (C=O) groups is 2. The predicted octanol–water partition coefficient (Wildman–Crippen LogP) is 3.75. The molecule has 2 aliphatic rings. The lowest BCUT2D eigenvalue weighted by Gasteiger charge is -2.25. The third-order valence-electron chi connectivity index (χ3n) is 5.30. The minimum Gasteiger partial charge on any atom is -0.481 e. The summed E-state index contributed by atoms with van der Waals surface area (Å²) in [6, 6.07) is 6.49. The second kappa shape index (κ2) is 7.96. The number of benzene rings is 1. The van der Waals surface area contributed by atoms with Crippen molar-refractivity contribution in [1.82, 2.24) is 0 Å². The highest BCUT2D eigenvalue weighted by molar-refractivity contribution is 5.95. The van der Waals surface area contributed by atoms with Crippen LogP contribution in [0.3, 0.4) is 0 Å². The number of ketones is 1. The Balaban J connectivity index is 1.80. The fourth-order valence-corrected chi connectivity index (χ4v) is 4.12. The number of allylic oxidation sites excluding steroid dienone is 3. The number of halogens is 1. The Morgan fingerprint density at radius 1 is 1.23 bits per heavy atom. The van der Waals surface area contributed by atoms with Crippen LogP contribution in [0.1, 0.15) is 44.1 Å². The van der Waals surface area contributed by atoms with Crippen molar-refractivity contribution in [3.63, 3.8) is 0 Å². The number of Topliss-reactive ketones (excluding diaryl/α,β-unsaturated/α-hetero) is 1. The molecular formula is C21H23FO4. The Kier molecular flexibility index (Phi) is 5.67. The molecule has 5 heteroatoms. The lowest BCUT2D eigenvalue weighted by atomic mass is 9.80. The van der Waals surface area contributed by atoms with Gasteiger partial charge < -0.3 is 10.2 Å². The summed E-state index contributed by atoms with van der Waals surface area (Å²) in [5.41, 5.74) is 3.33. The van der Waals surface area contributed by atoms with Gasteiger partial charge in [-0.2, -0.15) is 0 Å².